The van der Waals surface area contributed by atoms with Crippen molar-refractivity contribution in [2.24, 2.45) is 5.41 Å². The minimum absolute atomic E-state index is 0.254. The average molecular weight is 369 g/mol. The summed E-state index contributed by atoms with van der Waals surface area (Å²) < 4.78 is 0. The zero-order valence-electron chi connectivity index (χ0n) is 18.5. The molecule has 1 saturated carbocycles. The molecule has 0 atom stereocenters. The molecule has 1 aliphatic heterocycles. The van der Waals surface area contributed by atoms with Crippen molar-refractivity contribution in [2.45, 2.75) is 103 Å². The second-order valence-electron chi connectivity index (χ2n) is 9.74. The van der Waals surface area contributed by atoms with Gasteiger partial charge in [-0.3, -0.25) is 4.90 Å². The Morgan fingerprint density at radius 1 is 0.963 bits per heavy atom. The molecule has 1 aliphatic carbocycles. The van der Waals surface area contributed by atoms with Gasteiger partial charge in [-0.1, -0.05) is 58.0 Å². The Bertz CT molecular complexity index is 615. The third-order valence-electron chi connectivity index (χ3n) is 6.73. The van der Waals surface area contributed by atoms with Crippen LogP contribution in [0, 0.1) is 16.7 Å². The maximum atomic E-state index is 9.94. The van der Waals surface area contributed by atoms with E-state index in [4.69, 9.17) is 0 Å². The van der Waals surface area contributed by atoms with Gasteiger partial charge >= 0.3 is 0 Å². The number of rotatable bonds is 2. The highest BCUT2D eigenvalue weighted by Crippen LogP contribution is 2.45. The van der Waals surface area contributed by atoms with Crippen LogP contribution < -0.4 is 0 Å². The number of hydrogen-bond donors (Lipinski definition) is 0. The largest absolute Gasteiger partial charge is 0.295 e. The highest BCUT2D eigenvalue weighted by atomic mass is 15.2. The molecule has 2 aliphatic rings. The maximum absolute atomic E-state index is 9.94. The third kappa shape index (κ3) is 4.94. The second-order valence-corrected chi connectivity index (χ2v) is 9.74. The zero-order chi connectivity index (χ0) is 20.1. The number of nitrogens with zero attached hydrogens (tertiary/aromatic N) is 2. The summed E-state index contributed by atoms with van der Waals surface area (Å²) in [7, 11) is 0. The molecule has 0 unspecified atom stereocenters. The summed E-state index contributed by atoms with van der Waals surface area (Å²) in [6.07, 6.45) is 8.17. The fourth-order valence-electron chi connectivity index (χ4n) is 5.70. The molecule has 0 bridgehead atoms. The van der Waals surface area contributed by atoms with Gasteiger partial charge in [-0.25, -0.2) is 0 Å². The van der Waals surface area contributed by atoms with E-state index in [2.05, 4.69) is 62.9 Å². The van der Waals surface area contributed by atoms with Crippen LogP contribution >= 0.6 is 0 Å². The summed E-state index contributed by atoms with van der Waals surface area (Å²) in [6, 6.07) is 13.8. The Morgan fingerprint density at radius 2 is 1.56 bits per heavy atom. The summed E-state index contributed by atoms with van der Waals surface area (Å²) >= 11 is 0. The molecule has 2 nitrogen and oxygen atoms in total. The molecule has 1 aromatic rings. The molecule has 0 N–H and O–H groups in total. The Morgan fingerprint density at radius 3 is 2.11 bits per heavy atom. The van der Waals surface area contributed by atoms with E-state index in [1.165, 1.54) is 31.4 Å². The minimum Gasteiger partial charge on any atom is -0.295 e. The lowest BCUT2D eigenvalue weighted by molar-refractivity contribution is 0.0309. The molecular formula is C25H40N2. The van der Waals surface area contributed by atoms with Crippen molar-refractivity contribution in [2.75, 3.05) is 6.54 Å². The van der Waals surface area contributed by atoms with Gasteiger partial charge in [0.2, 0.25) is 0 Å². The van der Waals surface area contributed by atoms with Crippen LogP contribution in [0.25, 0.3) is 0 Å². The van der Waals surface area contributed by atoms with Crippen molar-refractivity contribution in [3.63, 3.8) is 0 Å². The number of likely N-dealkylation sites (tertiary alicyclic amines) is 1. The zero-order valence-corrected chi connectivity index (χ0v) is 18.5. The summed E-state index contributed by atoms with van der Waals surface area (Å²) in [5.74, 6) is 0. The normalized spacial score (nSPS) is 30.3. The highest BCUT2D eigenvalue weighted by molar-refractivity contribution is 5.33. The van der Waals surface area contributed by atoms with E-state index in [1.54, 1.807) is 0 Å². The Kier molecular flexibility index (Phi) is 7.14. The first-order valence-corrected chi connectivity index (χ1v) is 11.0. The maximum Gasteiger partial charge on any atom is 0.0823 e. The van der Waals surface area contributed by atoms with Gasteiger partial charge in [0.1, 0.15) is 0 Å². The predicted octanol–water partition coefficient (Wildman–Crippen LogP) is 6.71. The molecule has 1 aromatic carbocycles. The van der Waals surface area contributed by atoms with Crippen molar-refractivity contribution >= 4 is 0 Å². The Balaban J connectivity index is 0.00000126. The lowest BCUT2D eigenvalue weighted by Crippen LogP contribution is -2.52. The molecule has 150 valence electrons. The monoisotopic (exact) mass is 368 g/mol. The summed E-state index contributed by atoms with van der Waals surface area (Å²) in [5.41, 5.74) is 1.64. The van der Waals surface area contributed by atoms with E-state index in [-0.39, 0.29) is 11.0 Å². The van der Waals surface area contributed by atoms with Crippen LogP contribution in [-0.2, 0) is 5.41 Å². The third-order valence-corrected chi connectivity index (χ3v) is 6.73. The average Bonchev–Trinajstić information content (AvgIpc) is 2.77. The molecule has 1 saturated heterocycles. The lowest BCUT2D eigenvalue weighted by Gasteiger charge is -2.48. The molecule has 2 fully saturated rings. The van der Waals surface area contributed by atoms with Crippen LogP contribution in [0.5, 0.6) is 0 Å². The molecule has 0 amide bonds. The van der Waals surface area contributed by atoms with Crippen molar-refractivity contribution in [3.05, 3.63) is 35.9 Å². The summed E-state index contributed by atoms with van der Waals surface area (Å²) in [4.78, 5) is 2.79. The van der Waals surface area contributed by atoms with Crippen LogP contribution in [-0.4, -0.2) is 23.0 Å². The molecular weight excluding hydrogens is 328 g/mol. The number of hydrogen-bond acceptors (Lipinski definition) is 2. The first-order chi connectivity index (χ1) is 12.8. The lowest BCUT2D eigenvalue weighted by atomic mass is 9.68. The molecule has 0 aromatic heterocycles. The first kappa shape index (κ1) is 22.0. The smallest absolute Gasteiger partial charge is 0.0823 e. The Hall–Kier alpha value is -1.33. The molecule has 0 spiro atoms. The molecule has 3 rings (SSSR count). The second kappa shape index (κ2) is 8.78. The van der Waals surface area contributed by atoms with Crippen molar-refractivity contribution in [3.8, 4) is 6.07 Å². The molecule has 27 heavy (non-hydrogen) atoms. The van der Waals surface area contributed by atoms with E-state index in [0.717, 1.165) is 25.7 Å². The van der Waals surface area contributed by atoms with Gasteiger partial charge < -0.3 is 0 Å². The number of benzene rings is 1. The van der Waals surface area contributed by atoms with E-state index >= 15 is 0 Å². The van der Waals surface area contributed by atoms with Crippen molar-refractivity contribution in [1.82, 2.24) is 4.90 Å². The first-order valence-electron chi connectivity index (χ1n) is 11.0. The van der Waals surface area contributed by atoms with Gasteiger partial charge in [0.05, 0.1) is 11.5 Å². The SMILES string of the molecule is CC.CC1(C)CCCN(C2CCC(C#N)(c3ccccc3)CC2)C(C)(C)C1. The van der Waals surface area contributed by atoms with E-state index in [1.807, 2.05) is 19.9 Å². The highest BCUT2D eigenvalue weighted by Gasteiger charge is 2.43. The van der Waals surface area contributed by atoms with E-state index < -0.39 is 0 Å². The van der Waals surface area contributed by atoms with Gasteiger partial charge in [-0.05, 0) is 76.3 Å². The van der Waals surface area contributed by atoms with Gasteiger partial charge in [0, 0.05) is 11.6 Å². The van der Waals surface area contributed by atoms with Gasteiger partial charge in [-0.2, -0.15) is 5.26 Å². The van der Waals surface area contributed by atoms with Crippen LogP contribution in [0.1, 0.15) is 92.1 Å². The number of nitriles is 1. The summed E-state index contributed by atoms with van der Waals surface area (Å²) in [6.45, 7) is 14.9. The standard InChI is InChI=1S/C23H34N2.C2H6/c1-21(2)13-8-16-25(22(3,4)17-21)20-11-14-23(18-24,15-12-20)19-9-6-5-7-10-19;1-2/h5-7,9-10,20H,8,11-17H2,1-4H3;1-2H3. The fraction of sp³-hybridized carbons (Fsp3) is 0.720. The van der Waals surface area contributed by atoms with Crippen LogP contribution in [0.4, 0.5) is 0 Å². The van der Waals surface area contributed by atoms with Crippen LogP contribution in [0.2, 0.25) is 0 Å². The topological polar surface area (TPSA) is 27.0 Å². The van der Waals surface area contributed by atoms with E-state index in [0.29, 0.717) is 11.5 Å². The van der Waals surface area contributed by atoms with Crippen molar-refractivity contribution in [1.29, 1.82) is 5.26 Å². The molecule has 0 radical (unpaired) electrons. The Labute approximate surface area is 168 Å². The fourth-order valence-corrected chi connectivity index (χ4v) is 5.70. The van der Waals surface area contributed by atoms with E-state index in [9.17, 15) is 5.26 Å². The van der Waals surface area contributed by atoms with Gasteiger partial charge in [-0.15, -0.1) is 0 Å². The molecule has 1 heterocycles. The minimum atomic E-state index is -0.271. The van der Waals surface area contributed by atoms with Crippen molar-refractivity contribution < 1.29 is 0 Å². The van der Waals surface area contributed by atoms with Crippen LogP contribution in [0.3, 0.4) is 0 Å². The predicted molar refractivity (Wildman–Crippen MR) is 116 cm³/mol. The summed E-state index contributed by atoms with van der Waals surface area (Å²) in [5, 5.41) is 9.94. The molecule has 2 heteroatoms. The van der Waals surface area contributed by atoms with Crippen LogP contribution in [0.15, 0.2) is 30.3 Å². The van der Waals surface area contributed by atoms with Gasteiger partial charge in [0.25, 0.3) is 0 Å². The van der Waals surface area contributed by atoms with Gasteiger partial charge in [0.15, 0.2) is 0 Å². The quantitative estimate of drug-likeness (QED) is 0.580.